The molecule has 0 aromatic heterocycles. The van der Waals surface area contributed by atoms with E-state index in [1.165, 1.54) is 33.3 Å². The van der Waals surface area contributed by atoms with Crippen LogP contribution in [0.3, 0.4) is 0 Å². The van der Waals surface area contributed by atoms with Gasteiger partial charge in [0, 0.05) is 19.8 Å². The molecule has 0 amide bonds. The molecule has 15 heavy (non-hydrogen) atoms. The molecular weight excluding hydrogens is 202 g/mol. The van der Waals surface area contributed by atoms with Crippen molar-refractivity contribution in [2.75, 3.05) is 14.2 Å². The maximum atomic E-state index is 14.0. The van der Waals surface area contributed by atoms with Crippen molar-refractivity contribution >= 4 is 0 Å². The number of hydrogen-bond acceptors (Lipinski definition) is 2. The first-order valence-electron chi connectivity index (χ1n) is 4.51. The van der Waals surface area contributed by atoms with E-state index in [2.05, 4.69) is 0 Å². The van der Waals surface area contributed by atoms with E-state index in [1.54, 1.807) is 18.2 Å². The Kier molecular flexibility index (Phi) is 3.42. The van der Waals surface area contributed by atoms with Crippen molar-refractivity contribution in [1.29, 1.82) is 0 Å². The summed E-state index contributed by atoms with van der Waals surface area (Å²) in [5, 5.41) is 0. The average Bonchev–Trinajstić information content (AvgIpc) is 2.29. The Morgan fingerprint density at radius 3 is 1.87 bits per heavy atom. The van der Waals surface area contributed by atoms with Crippen LogP contribution in [-0.4, -0.2) is 20.0 Å². The first-order chi connectivity index (χ1) is 6.98. The highest BCUT2D eigenvalue weighted by atomic mass is 19.3. The highest BCUT2D eigenvalue weighted by molar-refractivity contribution is 5.22. The van der Waals surface area contributed by atoms with Gasteiger partial charge >= 0.3 is 5.92 Å². The van der Waals surface area contributed by atoms with Gasteiger partial charge in [-0.3, -0.25) is 0 Å². The minimum atomic E-state index is -3.20. The molecule has 0 fully saturated rings. The van der Waals surface area contributed by atoms with Crippen LogP contribution in [-0.2, 0) is 15.4 Å². The summed E-state index contributed by atoms with van der Waals surface area (Å²) in [7, 11) is 2.39. The van der Waals surface area contributed by atoms with Gasteiger partial charge in [-0.2, -0.15) is 8.78 Å². The van der Waals surface area contributed by atoms with Gasteiger partial charge in [0.1, 0.15) is 0 Å². The van der Waals surface area contributed by atoms with E-state index in [-0.39, 0.29) is 5.56 Å². The maximum Gasteiger partial charge on any atom is 0.325 e. The van der Waals surface area contributed by atoms with Crippen LogP contribution in [0.5, 0.6) is 0 Å². The minimum Gasteiger partial charge on any atom is -0.348 e. The molecule has 84 valence electrons. The molecule has 1 aromatic carbocycles. The zero-order chi connectivity index (χ0) is 11.5. The van der Waals surface area contributed by atoms with Crippen LogP contribution in [0.25, 0.3) is 0 Å². The third-order valence-electron chi connectivity index (χ3n) is 2.49. The number of halogens is 2. The van der Waals surface area contributed by atoms with Crippen LogP contribution in [0.1, 0.15) is 12.5 Å². The van der Waals surface area contributed by atoms with E-state index in [0.717, 1.165) is 0 Å². The molecule has 0 heterocycles. The second-order valence-electron chi connectivity index (χ2n) is 3.29. The molecule has 4 heteroatoms. The molecule has 2 nitrogen and oxygen atoms in total. The minimum absolute atomic E-state index is 0.129. The van der Waals surface area contributed by atoms with Gasteiger partial charge in [0.05, 0.1) is 0 Å². The van der Waals surface area contributed by atoms with Gasteiger partial charge in [-0.15, -0.1) is 0 Å². The van der Waals surface area contributed by atoms with Gasteiger partial charge in [0.15, 0.2) is 0 Å². The fraction of sp³-hybridized carbons (Fsp3) is 0.455. The molecule has 0 unspecified atom stereocenters. The third-order valence-corrected chi connectivity index (χ3v) is 2.49. The number of rotatable bonds is 4. The summed E-state index contributed by atoms with van der Waals surface area (Å²) < 4.78 is 37.4. The van der Waals surface area contributed by atoms with Gasteiger partial charge in [-0.25, -0.2) is 0 Å². The lowest BCUT2D eigenvalue weighted by molar-refractivity contribution is -0.316. The first kappa shape index (κ1) is 12.1. The monoisotopic (exact) mass is 216 g/mol. The van der Waals surface area contributed by atoms with Gasteiger partial charge in [-0.05, 0) is 6.92 Å². The van der Waals surface area contributed by atoms with Gasteiger partial charge < -0.3 is 9.47 Å². The van der Waals surface area contributed by atoms with Crippen LogP contribution in [0.2, 0.25) is 0 Å². The third kappa shape index (κ3) is 2.01. The predicted octanol–water partition coefficient (Wildman–Crippen LogP) is 2.79. The number of alkyl halides is 2. The topological polar surface area (TPSA) is 18.5 Å². The fourth-order valence-corrected chi connectivity index (χ4v) is 1.25. The second-order valence-corrected chi connectivity index (χ2v) is 3.29. The van der Waals surface area contributed by atoms with Crippen LogP contribution in [0.15, 0.2) is 30.3 Å². The molecule has 1 rings (SSSR count). The van der Waals surface area contributed by atoms with E-state index in [1.807, 2.05) is 0 Å². The van der Waals surface area contributed by atoms with Gasteiger partial charge in [0.2, 0.25) is 5.79 Å². The number of methoxy groups -OCH3 is 2. The predicted molar refractivity (Wildman–Crippen MR) is 52.8 cm³/mol. The Balaban J connectivity index is 3.12. The summed E-state index contributed by atoms with van der Waals surface area (Å²) in [6.07, 6.45) is 0. The molecule has 0 saturated carbocycles. The van der Waals surface area contributed by atoms with E-state index >= 15 is 0 Å². The Hall–Kier alpha value is -1.00. The quantitative estimate of drug-likeness (QED) is 0.720. The average molecular weight is 216 g/mol. The molecule has 0 bridgehead atoms. The molecule has 0 radical (unpaired) electrons. The van der Waals surface area contributed by atoms with Crippen LogP contribution in [0, 0.1) is 0 Å². The molecule has 0 aliphatic carbocycles. The van der Waals surface area contributed by atoms with E-state index in [0.29, 0.717) is 0 Å². The van der Waals surface area contributed by atoms with Crippen LogP contribution in [0.4, 0.5) is 8.78 Å². The largest absolute Gasteiger partial charge is 0.348 e. The fourth-order valence-electron chi connectivity index (χ4n) is 1.25. The second kappa shape index (κ2) is 4.24. The molecule has 0 spiro atoms. The molecule has 0 atom stereocenters. The van der Waals surface area contributed by atoms with Crippen molar-refractivity contribution in [1.82, 2.24) is 0 Å². The van der Waals surface area contributed by atoms with Crippen molar-refractivity contribution in [3.05, 3.63) is 35.9 Å². The number of ether oxygens (including phenoxy) is 2. The molecule has 0 aliphatic heterocycles. The molecule has 0 saturated heterocycles. The summed E-state index contributed by atoms with van der Waals surface area (Å²) >= 11 is 0. The summed E-state index contributed by atoms with van der Waals surface area (Å²) in [4.78, 5) is 0. The summed E-state index contributed by atoms with van der Waals surface area (Å²) in [6.45, 7) is 1.21. The van der Waals surface area contributed by atoms with Crippen molar-refractivity contribution in [3.63, 3.8) is 0 Å². The SMILES string of the molecule is COC(C)(OC)C(F)(F)c1ccccc1. The maximum absolute atomic E-state index is 14.0. The zero-order valence-corrected chi connectivity index (χ0v) is 8.96. The Labute approximate surface area is 87.8 Å². The highest BCUT2D eigenvalue weighted by Crippen LogP contribution is 2.41. The van der Waals surface area contributed by atoms with Crippen molar-refractivity contribution in [3.8, 4) is 0 Å². The van der Waals surface area contributed by atoms with Crippen molar-refractivity contribution in [2.45, 2.75) is 18.6 Å². The summed E-state index contributed by atoms with van der Waals surface area (Å²) in [5.74, 6) is -5.15. The standard InChI is InChI=1S/C11H14F2O2/c1-10(14-2,15-3)11(12,13)9-7-5-4-6-8-9/h4-8H,1-3H3. The van der Waals surface area contributed by atoms with E-state index in [4.69, 9.17) is 9.47 Å². The lowest BCUT2D eigenvalue weighted by Gasteiger charge is -2.34. The highest BCUT2D eigenvalue weighted by Gasteiger charge is 2.52. The van der Waals surface area contributed by atoms with Gasteiger partial charge in [0.25, 0.3) is 0 Å². The number of benzene rings is 1. The van der Waals surface area contributed by atoms with Crippen molar-refractivity contribution < 1.29 is 18.3 Å². The zero-order valence-electron chi connectivity index (χ0n) is 8.96. The lowest BCUT2D eigenvalue weighted by Crippen LogP contribution is -2.46. The molecule has 0 N–H and O–H groups in total. The normalized spacial score (nSPS) is 12.9. The molecular formula is C11H14F2O2. The lowest BCUT2D eigenvalue weighted by atomic mass is 10.0. The Morgan fingerprint density at radius 2 is 1.47 bits per heavy atom. The van der Waals surface area contributed by atoms with Crippen molar-refractivity contribution in [2.24, 2.45) is 0 Å². The molecule has 1 aromatic rings. The summed E-state index contributed by atoms with van der Waals surface area (Å²) in [6, 6.07) is 7.47. The van der Waals surface area contributed by atoms with Gasteiger partial charge in [-0.1, -0.05) is 30.3 Å². The summed E-state index contributed by atoms with van der Waals surface area (Å²) in [5.41, 5.74) is -0.129. The Bertz CT molecular complexity index is 308. The van der Waals surface area contributed by atoms with Crippen LogP contribution >= 0.6 is 0 Å². The van der Waals surface area contributed by atoms with E-state index < -0.39 is 11.7 Å². The smallest absolute Gasteiger partial charge is 0.325 e. The van der Waals surface area contributed by atoms with Crippen LogP contribution < -0.4 is 0 Å². The Morgan fingerprint density at radius 1 is 1.00 bits per heavy atom. The number of hydrogen-bond donors (Lipinski definition) is 0. The van der Waals surface area contributed by atoms with E-state index in [9.17, 15) is 8.78 Å². The first-order valence-corrected chi connectivity index (χ1v) is 4.51. The molecule has 0 aliphatic rings.